The Morgan fingerprint density at radius 3 is 2.73 bits per heavy atom. The van der Waals surface area contributed by atoms with Gasteiger partial charge >= 0.3 is 0 Å². The van der Waals surface area contributed by atoms with Gasteiger partial charge in [-0.05, 0) is 24.3 Å². The molecule has 0 bridgehead atoms. The quantitative estimate of drug-likeness (QED) is 0.726. The van der Waals surface area contributed by atoms with Crippen molar-refractivity contribution >= 4 is 16.9 Å². The highest BCUT2D eigenvalue weighted by Gasteiger charge is 2.43. The number of fused-ring (bicyclic) bond motifs is 1. The summed E-state index contributed by atoms with van der Waals surface area (Å²) in [6.07, 6.45) is 8.79. The Morgan fingerprint density at radius 2 is 2.00 bits per heavy atom. The molecule has 0 radical (unpaired) electrons. The van der Waals surface area contributed by atoms with E-state index in [1.165, 1.54) is 0 Å². The zero-order chi connectivity index (χ0) is 15.2. The van der Waals surface area contributed by atoms with E-state index in [9.17, 15) is 4.79 Å². The van der Waals surface area contributed by atoms with E-state index in [1.54, 1.807) is 36.7 Å². The molecule has 108 valence electrons. The lowest BCUT2D eigenvalue weighted by Crippen LogP contribution is -2.46. The van der Waals surface area contributed by atoms with E-state index >= 15 is 0 Å². The van der Waals surface area contributed by atoms with Gasteiger partial charge < -0.3 is 4.90 Å². The lowest BCUT2D eigenvalue weighted by atomic mass is 10.0. The van der Waals surface area contributed by atoms with Gasteiger partial charge in [-0.1, -0.05) is 18.2 Å². The number of likely N-dealkylation sites (N-methyl/N-ethyl adjacent to an activating group) is 1. The number of aromatic nitrogens is 3. The average Bonchev–Trinajstić information content (AvgIpc) is 3.12. The molecule has 1 unspecified atom stereocenters. The highest BCUT2D eigenvalue weighted by molar-refractivity contribution is 5.92. The Morgan fingerprint density at radius 1 is 1.14 bits per heavy atom. The third-order valence-electron chi connectivity index (χ3n) is 4.21. The maximum atomic E-state index is 12.2. The Bertz CT molecular complexity index is 884. The van der Waals surface area contributed by atoms with Crippen LogP contribution >= 0.6 is 0 Å². The first kappa shape index (κ1) is 12.8. The van der Waals surface area contributed by atoms with E-state index in [0.29, 0.717) is 0 Å². The van der Waals surface area contributed by atoms with Gasteiger partial charge in [0.1, 0.15) is 0 Å². The van der Waals surface area contributed by atoms with Crippen LogP contribution in [0.2, 0.25) is 0 Å². The fraction of sp³-hybridized carbons (Fsp3) is 0.118. The molecule has 0 N–H and O–H groups in total. The van der Waals surface area contributed by atoms with Gasteiger partial charge in [-0.2, -0.15) is 0 Å². The van der Waals surface area contributed by atoms with Crippen molar-refractivity contribution in [1.82, 2.24) is 19.4 Å². The lowest BCUT2D eigenvalue weighted by molar-refractivity contribution is -0.128. The van der Waals surface area contributed by atoms with Gasteiger partial charge in [0.25, 0.3) is 0 Å². The summed E-state index contributed by atoms with van der Waals surface area (Å²) in [4.78, 5) is 22.6. The molecule has 1 aromatic carbocycles. The number of pyridine rings is 1. The average molecular weight is 290 g/mol. The zero-order valence-corrected chi connectivity index (χ0v) is 12.0. The zero-order valence-electron chi connectivity index (χ0n) is 12.0. The Labute approximate surface area is 127 Å². The largest absolute Gasteiger partial charge is 0.311 e. The van der Waals surface area contributed by atoms with Gasteiger partial charge in [0, 0.05) is 31.1 Å². The van der Waals surface area contributed by atoms with Crippen LogP contribution in [0.15, 0.2) is 67.3 Å². The summed E-state index contributed by atoms with van der Waals surface area (Å²) in [6.45, 7) is 0. The fourth-order valence-corrected chi connectivity index (χ4v) is 3.06. The molecule has 4 rings (SSSR count). The van der Waals surface area contributed by atoms with Crippen LogP contribution in [0.25, 0.3) is 11.0 Å². The van der Waals surface area contributed by atoms with Crippen molar-refractivity contribution in [1.29, 1.82) is 0 Å². The third-order valence-corrected chi connectivity index (χ3v) is 4.21. The molecule has 1 aliphatic heterocycles. The second-order valence-corrected chi connectivity index (χ2v) is 5.30. The molecule has 1 aliphatic rings. The second kappa shape index (κ2) is 4.53. The van der Waals surface area contributed by atoms with Gasteiger partial charge in [0.05, 0.1) is 17.4 Å². The molecule has 0 fully saturated rings. The van der Waals surface area contributed by atoms with Gasteiger partial charge in [-0.15, -0.1) is 0 Å². The van der Waals surface area contributed by atoms with Crippen molar-refractivity contribution in [2.45, 2.75) is 5.66 Å². The van der Waals surface area contributed by atoms with Crippen LogP contribution in [0.3, 0.4) is 0 Å². The summed E-state index contributed by atoms with van der Waals surface area (Å²) < 4.78 is 2.01. The Kier molecular flexibility index (Phi) is 2.63. The highest BCUT2D eigenvalue weighted by atomic mass is 16.2. The van der Waals surface area contributed by atoms with Crippen molar-refractivity contribution in [2.24, 2.45) is 0 Å². The molecule has 1 amide bonds. The van der Waals surface area contributed by atoms with E-state index in [0.717, 1.165) is 16.6 Å². The first-order chi connectivity index (χ1) is 10.7. The van der Waals surface area contributed by atoms with Gasteiger partial charge in [-0.25, -0.2) is 4.98 Å². The molecule has 0 spiro atoms. The predicted molar refractivity (Wildman–Crippen MR) is 83.0 cm³/mol. The Balaban J connectivity index is 2.04. The van der Waals surface area contributed by atoms with Crippen LogP contribution < -0.4 is 0 Å². The van der Waals surface area contributed by atoms with Crippen molar-refractivity contribution in [3.05, 3.63) is 72.8 Å². The number of amides is 1. The summed E-state index contributed by atoms with van der Waals surface area (Å²) in [5.74, 6) is -0.0402. The fourth-order valence-electron chi connectivity index (χ4n) is 3.06. The van der Waals surface area contributed by atoms with E-state index in [2.05, 4.69) is 9.97 Å². The first-order valence-corrected chi connectivity index (χ1v) is 7.03. The van der Waals surface area contributed by atoms with Crippen molar-refractivity contribution in [3.8, 4) is 0 Å². The maximum Gasteiger partial charge on any atom is 0.248 e. The van der Waals surface area contributed by atoms with Crippen LogP contribution in [-0.2, 0) is 10.5 Å². The van der Waals surface area contributed by atoms with E-state index in [1.807, 2.05) is 47.0 Å². The molecular weight excluding hydrogens is 276 g/mol. The Hall–Kier alpha value is -2.95. The molecule has 0 saturated heterocycles. The summed E-state index contributed by atoms with van der Waals surface area (Å²) in [5, 5.41) is 0. The van der Waals surface area contributed by atoms with E-state index in [-0.39, 0.29) is 5.91 Å². The minimum atomic E-state index is -0.735. The number of carbonyl (C=O) groups is 1. The predicted octanol–water partition coefficient (Wildman–Crippen LogP) is 2.16. The number of rotatable bonds is 2. The molecule has 0 aliphatic carbocycles. The topological polar surface area (TPSA) is 51.0 Å². The van der Waals surface area contributed by atoms with Crippen LogP contribution in [0, 0.1) is 0 Å². The second-order valence-electron chi connectivity index (χ2n) is 5.30. The number of imidazole rings is 1. The van der Waals surface area contributed by atoms with E-state index in [4.69, 9.17) is 0 Å². The molecule has 1 atom stereocenters. The summed E-state index contributed by atoms with van der Waals surface area (Å²) in [6, 6.07) is 11.7. The maximum absolute atomic E-state index is 12.2. The third kappa shape index (κ3) is 1.56. The standard InChI is InChI=1S/C17H14N4O/c1-20-16(22)8-9-17(20,13-5-4-10-18-11-13)21-12-19-14-6-2-3-7-15(14)21/h2-12H,1H3. The molecule has 2 aromatic heterocycles. The molecule has 3 aromatic rings. The number of hydrogen-bond acceptors (Lipinski definition) is 3. The number of carbonyl (C=O) groups excluding carboxylic acids is 1. The normalized spacial score (nSPS) is 21.0. The number of hydrogen-bond donors (Lipinski definition) is 0. The SMILES string of the molecule is CN1C(=O)C=CC1(c1cccnc1)n1cnc2ccccc21. The summed E-state index contributed by atoms with van der Waals surface area (Å²) in [7, 11) is 1.80. The minimum absolute atomic E-state index is 0.0402. The molecule has 22 heavy (non-hydrogen) atoms. The van der Waals surface area contributed by atoms with Crippen LogP contribution in [0.5, 0.6) is 0 Å². The summed E-state index contributed by atoms with van der Waals surface area (Å²) >= 11 is 0. The van der Waals surface area contributed by atoms with Gasteiger partial charge in [-0.3, -0.25) is 14.3 Å². The van der Waals surface area contributed by atoms with Crippen molar-refractivity contribution in [2.75, 3.05) is 7.05 Å². The molecular formula is C17H14N4O. The van der Waals surface area contributed by atoms with Crippen molar-refractivity contribution in [3.63, 3.8) is 0 Å². The smallest absolute Gasteiger partial charge is 0.248 e. The highest BCUT2D eigenvalue weighted by Crippen LogP contribution is 2.37. The van der Waals surface area contributed by atoms with Crippen LogP contribution in [0.4, 0.5) is 0 Å². The molecule has 0 saturated carbocycles. The van der Waals surface area contributed by atoms with E-state index < -0.39 is 5.66 Å². The molecule has 5 nitrogen and oxygen atoms in total. The van der Waals surface area contributed by atoms with Crippen LogP contribution in [-0.4, -0.2) is 32.4 Å². The number of benzene rings is 1. The summed E-state index contributed by atoms with van der Waals surface area (Å²) in [5.41, 5.74) is 2.05. The molecule has 5 heteroatoms. The monoisotopic (exact) mass is 290 g/mol. The van der Waals surface area contributed by atoms with Gasteiger partial charge in [0.15, 0.2) is 5.66 Å². The molecule has 3 heterocycles. The number of para-hydroxylation sites is 2. The first-order valence-electron chi connectivity index (χ1n) is 7.03. The van der Waals surface area contributed by atoms with Crippen molar-refractivity contribution < 1.29 is 4.79 Å². The number of nitrogens with zero attached hydrogens (tertiary/aromatic N) is 4. The van der Waals surface area contributed by atoms with Crippen LogP contribution in [0.1, 0.15) is 5.56 Å². The minimum Gasteiger partial charge on any atom is -0.311 e. The van der Waals surface area contributed by atoms with Gasteiger partial charge in [0.2, 0.25) is 5.91 Å². The lowest BCUT2D eigenvalue weighted by Gasteiger charge is -2.37.